The topological polar surface area (TPSA) is 73.7 Å². The molecule has 6 heteroatoms. The minimum absolute atomic E-state index is 0.0687. The molecule has 0 spiro atoms. The van der Waals surface area contributed by atoms with E-state index in [-0.39, 0.29) is 22.3 Å². The van der Waals surface area contributed by atoms with Crippen LogP contribution in [-0.4, -0.2) is 21.4 Å². The number of thioether (sulfide) groups is 1. The van der Waals surface area contributed by atoms with E-state index in [2.05, 4.69) is 15.8 Å². The van der Waals surface area contributed by atoms with Gasteiger partial charge < -0.3 is 10.4 Å². The van der Waals surface area contributed by atoms with Gasteiger partial charge in [-0.15, -0.1) is 0 Å². The van der Waals surface area contributed by atoms with E-state index < -0.39 is 0 Å². The molecule has 2 heterocycles. The molecule has 2 aliphatic rings. The van der Waals surface area contributed by atoms with Gasteiger partial charge in [-0.25, -0.2) is 0 Å². The number of amidine groups is 1. The highest BCUT2D eigenvalue weighted by Crippen LogP contribution is 2.37. The Hall–Kier alpha value is -1.69. The zero-order valence-corrected chi connectivity index (χ0v) is 8.99. The summed E-state index contributed by atoms with van der Waals surface area (Å²) < 4.78 is 0. The molecule has 0 bridgehead atoms. The number of carbonyl (C=O) groups excluding carboxylic acids is 1. The molecule has 5 nitrogen and oxygen atoms in total. The third kappa shape index (κ3) is 1.34. The Balaban J connectivity index is 1.94. The molecular weight excluding hydrogens is 226 g/mol. The fourth-order valence-corrected chi connectivity index (χ4v) is 2.84. The molecule has 2 aliphatic heterocycles. The van der Waals surface area contributed by atoms with Crippen molar-refractivity contribution in [1.29, 1.82) is 0 Å². The van der Waals surface area contributed by atoms with Crippen LogP contribution >= 0.6 is 11.8 Å². The maximum absolute atomic E-state index is 11.2. The summed E-state index contributed by atoms with van der Waals surface area (Å²) in [5, 5.41) is 16.3. The average molecular weight is 235 g/mol. The smallest absolute Gasteiger partial charge is 0.285 e. The summed E-state index contributed by atoms with van der Waals surface area (Å²) in [6.07, 6.45) is 0. The molecule has 1 amide bonds. The van der Waals surface area contributed by atoms with Gasteiger partial charge in [0.05, 0.1) is 11.3 Å². The van der Waals surface area contributed by atoms with Crippen LogP contribution in [0.5, 0.6) is 5.75 Å². The van der Waals surface area contributed by atoms with E-state index in [0.717, 1.165) is 5.56 Å². The highest BCUT2D eigenvalue weighted by molar-refractivity contribution is 8.15. The number of fused-ring (bicyclic) bond motifs is 1. The first-order valence-corrected chi connectivity index (χ1v) is 5.72. The first kappa shape index (κ1) is 9.53. The summed E-state index contributed by atoms with van der Waals surface area (Å²) in [5.41, 5.74) is 3.69. The summed E-state index contributed by atoms with van der Waals surface area (Å²) in [6.45, 7) is 0. The van der Waals surface area contributed by atoms with Crippen molar-refractivity contribution in [3.63, 3.8) is 0 Å². The number of phenols is 1. The quantitative estimate of drug-likeness (QED) is 0.683. The van der Waals surface area contributed by atoms with E-state index in [4.69, 9.17) is 0 Å². The largest absolute Gasteiger partial charge is 0.508 e. The van der Waals surface area contributed by atoms with Gasteiger partial charge in [-0.1, -0.05) is 30.0 Å². The Morgan fingerprint density at radius 2 is 2.19 bits per heavy atom. The summed E-state index contributed by atoms with van der Waals surface area (Å²) in [7, 11) is 0. The predicted molar refractivity (Wildman–Crippen MR) is 61.3 cm³/mol. The van der Waals surface area contributed by atoms with Crippen LogP contribution in [-0.2, 0) is 0 Å². The molecule has 3 N–H and O–H groups in total. The second-order valence-corrected chi connectivity index (χ2v) is 4.73. The summed E-state index contributed by atoms with van der Waals surface area (Å²) in [6, 6.07) is 6.92. The standard InChI is InChI=1S/C10H9N3O2S/c14-6-4-2-1-3-5(6)7-8-9(13-12-7)11-10(15)16-8/h1-4,7-8,12,14H,(H,11,13,15). The number of hydrogen-bond donors (Lipinski definition) is 3. The molecule has 1 aromatic rings. The van der Waals surface area contributed by atoms with Gasteiger partial charge in [-0.05, 0) is 6.07 Å². The van der Waals surface area contributed by atoms with Crippen LogP contribution in [0.1, 0.15) is 11.6 Å². The number of para-hydroxylation sites is 1. The normalized spacial score (nSPS) is 27.0. The number of rotatable bonds is 1. The summed E-state index contributed by atoms with van der Waals surface area (Å²) in [4.78, 5) is 11.2. The Morgan fingerprint density at radius 3 is 3.00 bits per heavy atom. The number of phenolic OH excluding ortho intramolecular Hbond substituents is 1. The first-order chi connectivity index (χ1) is 7.75. The van der Waals surface area contributed by atoms with Crippen molar-refractivity contribution in [2.24, 2.45) is 5.10 Å². The lowest BCUT2D eigenvalue weighted by molar-refractivity contribution is 0.265. The molecule has 0 aliphatic carbocycles. The highest BCUT2D eigenvalue weighted by Gasteiger charge is 2.41. The third-order valence-corrected chi connectivity index (χ3v) is 3.70. The second kappa shape index (κ2) is 3.41. The number of nitrogens with one attached hydrogen (secondary N) is 2. The number of nitrogens with zero attached hydrogens (tertiary/aromatic N) is 1. The van der Waals surface area contributed by atoms with Crippen LogP contribution in [0.2, 0.25) is 0 Å². The molecule has 0 aromatic heterocycles. The van der Waals surface area contributed by atoms with Crippen molar-refractivity contribution in [2.45, 2.75) is 11.3 Å². The Labute approximate surface area is 95.9 Å². The molecule has 0 radical (unpaired) electrons. The number of amides is 1. The van der Waals surface area contributed by atoms with E-state index in [1.807, 2.05) is 12.1 Å². The summed E-state index contributed by atoms with van der Waals surface area (Å²) in [5.74, 6) is 0.861. The number of benzene rings is 1. The van der Waals surface area contributed by atoms with Crippen molar-refractivity contribution in [3.05, 3.63) is 29.8 Å². The molecular formula is C10H9N3O2S. The predicted octanol–water partition coefficient (Wildman–Crippen LogP) is 1.18. The monoisotopic (exact) mass is 235 g/mol. The van der Waals surface area contributed by atoms with Crippen molar-refractivity contribution in [1.82, 2.24) is 10.7 Å². The van der Waals surface area contributed by atoms with Crippen LogP contribution < -0.4 is 10.7 Å². The maximum atomic E-state index is 11.2. The van der Waals surface area contributed by atoms with Gasteiger partial charge >= 0.3 is 0 Å². The Kier molecular flexibility index (Phi) is 2.03. The van der Waals surface area contributed by atoms with Gasteiger partial charge in [0.1, 0.15) is 11.6 Å². The van der Waals surface area contributed by atoms with Gasteiger partial charge in [-0.2, -0.15) is 5.10 Å². The van der Waals surface area contributed by atoms with E-state index in [0.29, 0.717) is 5.84 Å². The summed E-state index contributed by atoms with van der Waals surface area (Å²) >= 11 is 1.19. The molecule has 16 heavy (non-hydrogen) atoms. The van der Waals surface area contributed by atoms with Crippen molar-refractivity contribution in [3.8, 4) is 5.75 Å². The molecule has 3 rings (SSSR count). The van der Waals surface area contributed by atoms with Crippen LogP contribution in [0.25, 0.3) is 0 Å². The Bertz CT molecular complexity index is 489. The molecule has 2 atom stereocenters. The van der Waals surface area contributed by atoms with E-state index in [9.17, 15) is 9.90 Å². The maximum Gasteiger partial charge on any atom is 0.285 e. The Morgan fingerprint density at radius 1 is 1.38 bits per heavy atom. The van der Waals surface area contributed by atoms with Crippen molar-refractivity contribution >= 4 is 22.8 Å². The van der Waals surface area contributed by atoms with E-state index in [1.165, 1.54) is 11.8 Å². The fraction of sp³-hybridized carbons (Fsp3) is 0.200. The SMILES string of the molecule is O=C1NC2=NNC(c3ccccc3O)C2S1. The van der Waals surface area contributed by atoms with E-state index in [1.54, 1.807) is 12.1 Å². The molecule has 1 aromatic carbocycles. The molecule has 2 unspecified atom stereocenters. The van der Waals surface area contributed by atoms with Crippen LogP contribution in [0.15, 0.2) is 29.4 Å². The first-order valence-electron chi connectivity index (χ1n) is 4.84. The van der Waals surface area contributed by atoms with Crippen LogP contribution in [0.4, 0.5) is 4.79 Å². The van der Waals surface area contributed by atoms with Crippen molar-refractivity contribution < 1.29 is 9.90 Å². The second-order valence-electron chi connectivity index (χ2n) is 3.61. The van der Waals surface area contributed by atoms with E-state index >= 15 is 0 Å². The number of hydrazone groups is 1. The zero-order chi connectivity index (χ0) is 11.1. The molecule has 0 saturated carbocycles. The van der Waals surface area contributed by atoms with Crippen LogP contribution in [0, 0.1) is 0 Å². The van der Waals surface area contributed by atoms with Gasteiger partial charge in [0, 0.05) is 5.56 Å². The highest BCUT2D eigenvalue weighted by atomic mass is 32.2. The van der Waals surface area contributed by atoms with Gasteiger partial charge in [-0.3, -0.25) is 10.2 Å². The molecule has 82 valence electrons. The number of hydrogen-bond acceptors (Lipinski definition) is 5. The third-order valence-electron chi connectivity index (χ3n) is 2.63. The van der Waals surface area contributed by atoms with Crippen molar-refractivity contribution in [2.75, 3.05) is 0 Å². The van der Waals surface area contributed by atoms with Gasteiger partial charge in [0.25, 0.3) is 5.24 Å². The zero-order valence-electron chi connectivity index (χ0n) is 8.18. The minimum Gasteiger partial charge on any atom is -0.508 e. The molecule has 1 fully saturated rings. The van der Waals surface area contributed by atoms with Gasteiger partial charge in [0.15, 0.2) is 0 Å². The van der Waals surface area contributed by atoms with Crippen LogP contribution in [0.3, 0.4) is 0 Å². The average Bonchev–Trinajstić information content (AvgIpc) is 2.78. The lowest BCUT2D eigenvalue weighted by atomic mass is 10.0. The molecule has 1 saturated heterocycles. The lowest BCUT2D eigenvalue weighted by Crippen LogP contribution is -2.25. The fourth-order valence-electron chi connectivity index (χ4n) is 1.88. The number of carbonyl (C=O) groups is 1. The number of aromatic hydroxyl groups is 1. The lowest BCUT2D eigenvalue weighted by Gasteiger charge is -2.16. The minimum atomic E-state index is -0.153. The van der Waals surface area contributed by atoms with Gasteiger partial charge in [0.2, 0.25) is 0 Å².